The molecule has 0 unspecified atom stereocenters. The average molecular weight is 313 g/mol. The van der Waals surface area contributed by atoms with Crippen molar-refractivity contribution >= 4 is 47.0 Å². The van der Waals surface area contributed by atoms with E-state index in [0.717, 1.165) is 19.6 Å². The number of hydrogen-bond acceptors (Lipinski definition) is 6. The van der Waals surface area contributed by atoms with Gasteiger partial charge in [-0.2, -0.15) is 10.5 Å². The Morgan fingerprint density at radius 2 is 0.833 bits per heavy atom. The molecular formula is C12H12N2S4. The Balaban J connectivity index is 3.87. The van der Waals surface area contributed by atoms with Gasteiger partial charge in [0.05, 0.1) is 11.1 Å². The van der Waals surface area contributed by atoms with Gasteiger partial charge in [0.25, 0.3) is 0 Å². The lowest BCUT2D eigenvalue weighted by Gasteiger charge is -2.16. The van der Waals surface area contributed by atoms with Gasteiger partial charge in [-0.3, -0.25) is 0 Å². The van der Waals surface area contributed by atoms with Crippen LogP contribution in [0.5, 0.6) is 0 Å². The smallest absolute Gasteiger partial charge is 0.102 e. The molecule has 0 aliphatic carbocycles. The summed E-state index contributed by atoms with van der Waals surface area (Å²) in [5, 5.41) is 18.8. The molecule has 0 aliphatic heterocycles. The molecular weight excluding hydrogens is 300 g/mol. The summed E-state index contributed by atoms with van der Waals surface area (Å²) < 4.78 is 0. The Bertz CT molecular complexity index is 458. The Kier molecular flexibility index (Phi) is 6.31. The van der Waals surface area contributed by atoms with E-state index < -0.39 is 0 Å². The largest absolute Gasteiger partial charge is 0.192 e. The number of hydrogen-bond donors (Lipinski definition) is 0. The summed E-state index contributed by atoms with van der Waals surface area (Å²) in [6, 6.07) is 4.58. The van der Waals surface area contributed by atoms with Crippen LogP contribution in [0.1, 0.15) is 11.1 Å². The minimum absolute atomic E-state index is 0.697. The molecule has 0 N–H and O–H groups in total. The molecule has 0 radical (unpaired) electrons. The van der Waals surface area contributed by atoms with Gasteiger partial charge in [0, 0.05) is 19.6 Å². The van der Waals surface area contributed by atoms with Crippen molar-refractivity contribution in [3.63, 3.8) is 0 Å². The van der Waals surface area contributed by atoms with Gasteiger partial charge in [-0.15, -0.1) is 47.0 Å². The zero-order chi connectivity index (χ0) is 13.7. The maximum absolute atomic E-state index is 9.39. The third kappa shape index (κ3) is 2.62. The molecule has 1 aromatic rings. The quantitative estimate of drug-likeness (QED) is 0.772. The van der Waals surface area contributed by atoms with Gasteiger partial charge >= 0.3 is 0 Å². The monoisotopic (exact) mass is 312 g/mol. The number of nitrogens with zero attached hydrogens (tertiary/aromatic N) is 2. The van der Waals surface area contributed by atoms with Gasteiger partial charge in [-0.1, -0.05) is 0 Å². The van der Waals surface area contributed by atoms with E-state index in [0.29, 0.717) is 11.1 Å². The zero-order valence-electron chi connectivity index (χ0n) is 10.5. The summed E-state index contributed by atoms with van der Waals surface area (Å²) >= 11 is 6.13. The second-order valence-corrected chi connectivity index (χ2v) is 6.37. The van der Waals surface area contributed by atoms with Gasteiger partial charge in [0.1, 0.15) is 12.1 Å². The molecule has 0 aliphatic rings. The summed E-state index contributed by atoms with van der Waals surface area (Å²) in [7, 11) is 0. The molecule has 1 aromatic carbocycles. The maximum atomic E-state index is 9.39. The van der Waals surface area contributed by atoms with Gasteiger partial charge < -0.3 is 0 Å². The molecule has 0 bridgehead atoms. The number of benzene rings is 1. The molecule has 0 saturated carbocycles. The lowest BCUT2D eigenvalue weighted by Crippen LogP contribution is -1.97. The topological polar surface area (TPSA) is 47.6 Å². The van der Waals surface area contributed by atoms with E-state index in [1.807, 2.05) is 25.0 Å². The van der Waals surface area contributed by atoms with Crippen LogP contribution in [0.4, 0.5) is 0 Å². The lowest BCUT2D eigenvalue weighted by atomic mass is 10.1. The standard InChI is InChI=1S/C12H12N2S4/c1-15-9-7(5-13)11(17-3)12(18-4)8(6-14)10(9)16-2/h1-4H3. The van der Waals surface area contributed by atoms with Crippen molar-refractivity contribution in [2.45, 2.75) is 19.6 Å². The fraction of sp³-hybridized carbons (Fsp3) is 0.333. The molecule has 2 nitrogen and oxygen atoms in total. The Morgan fingerprint density at radius 1 is 0.611 bits per heavy atom. The minimum atomic E-state index is 0.697. The van der Waals surface area contributed by atoms with Crippen LogP contribution in [0.25, 0.3) is 0 Å². The van der Waals surface area contributed by atoms with Crippen molar-refractivity contribution < 1.29 is 0 Å². The van der Waals surface area contributed by atoms with Crippen LogP contribution in [0, 0.1) is 22.7 Å². The summed E-state index contributed by atoms with van der Waals surface area (Å²) in [6.45, 7) is 0. The van der Waals surface area contributed by atoms with Crippen molar-refractivity contribution in [2.24, 2.45) is 0 Å². The van der Waals surface area contributed by atoms with Crippen LogP contribution in [0.2, 0.25) is 0 Å². The first-order valence-electron chi connectivity index (χ1n) is 4.90. The maximum Gasteiger partial charge on any atom is 0.102 e. The molecule has 6 heteroatoms. The highest BCUT2D eigenvalue weighted by Crippen LogP contribution is 2.44. The van der Waals surface area contributed by atoms with Crippen molar-refractivity contribution in [3.05, 3.63) is 11.1 Å². The van der Waals surface area contributed by atoms with E-state index >= 15 is 0 Å². The Hall–Kier alpha value is -0.400. The second-order valence-electron chi connectivity index (χ2n) is 3.11. The third-order valence-corrected chi connectivity index (χ3v) is 5.89. The lowest BCUT2D eigenvalue weighted by molar-refractivity contribution is 1.04. The molecule has 0 heterocycles. The van der Waals surface area contributed by atoms with E-state index in [2.05, 4.69) is 12.1 Å². The SMILES string of the molecule is CSc1c(C#N)c(SC)c(SC)c(C#N)c1SC. The zero-order valence-corrected chi connectivity index (χ0v) is 13.8. The Labute approximate surface area is 125 Å². The second kappa shape index (κ2) is 7.25. The van der Waals surface area contributed by atoms with Crippen LogP contribution in [0.3, 0.4) is 0 Å². The fourth-order valence-electron chi connectivity index (χ4n) is 1.64. The van der Waals surface area contributed by atoms with Crippen molar-refractivity contribution in [1.82, 2.24) is 0 Å². The highest BCUT2D eigenvalue weighted by molar-refractivity contribution is 8.02. The first kappa shape index (κ1) is 15.7. The summed E-state index contributed by atoms with van der Waals surface area (Å²) in [5.74, 6) is 0. The molecule has 0 fully saturated rings. The number of nitriles is 2. The first-order valence-corrected chi connectivity index (χ1v) is 9.80. The van der Waals surface area contributed by atoms with E-state index in [1.54, 1.807) is 0 Å². The van der Waals surface area contributed by atoms with E-state index in [-0.39, 0.29) is 0 Å². The fourth-order valence-corrected chi connectivity index (χ4v) is 5.33. The predicted octanol–water partition coefficient (Wildman–Crippen LogP) is 4.32. The van der Waals surface area contributed by atoms with Crippen LogP contribution in [-0.4, -0.2) is 25.0 Å². The molecule has 0 atom stereocenters. The normalized spacial score (nSPS) is 9.89. The van der Waals surface area contributed by atoms with Crippen LogP contribution < -0.4 is 0 Å². The predicted molar refractivity (Wildman–Crippen MR) is 83.0 cm³/mol. The van der Waals surface area contributed by atoms with Gasteiger partial charge in [-0.05, 0) is 25.0 Å². The molecule has 94 valence electrons. The van der Waals surface area contributed by atoms with Crippen molar-refractivity contribution in [1.29, 1.82) is 10.5 Å². The highest BCUT2D eigenvalue weighted by Gasteiger charge is 2.22. The molecule has 18 heavy (non-hydrogen) atoms. The summed E-state index contributed by atoms with van der Waals surface area (Å²) in [6.07, 6.45) is 7.78. The van der Waals surface area contributed by atoms with E-state index in [9.17, 15) is 10.5 Å². The van der Waals surface area contributed by atoms with Crippen LogP contribution in [0.15, 0.2) is 19.6 Å². The van der Waals surface area contributed by atoms with Crippen molar-refractivity contribution in [2.75, 3.05) is 25.0 Å². The van der Waals surface area contributed by atoms with Gasteiger partial charge in [0.2, 0.25) is 0 Å². The summed E-state index contributed by atoms with van der Waals surface area (Å²) in [5.41, 5.74) is 1.39. The highest BCUT2D eigenvalue weighted by atomic mass is 32.2. The van der Waals surface area contributed by atoms with E-state index in [4.69, 9.17) is 0 Å². The van der Waals surface area contributed by atoms with E-state index in [1.165, 1.54) is 47.0 Å². The number of rotatable bonds is 4. The number of thioether (sulfide) groups is 4. The first-order chi connectivity index (χ1) is 8.69. The van der Waals surface area contributed by atoms with Gasteiger partial charge in [-0.25, -0.2) is 0 Å². The molecule has 1 rings (SSSR count). The van der Waals surface area contributed by atoms with Crippen LogP contribution in [-0.2, 0) is 0 Å². The summed E-state index contributed by atoms with van der Waals surface area (Å²) in [4.78, 5) is 3.68. The molecule has 0 spiro atoms. The van der Waals surface area contributed by atoms with Gasteiger partial charge in [0.15, 0.2) is 0 Å². The third-order valence-electron chi connectivity index (χ3n) is 2.36. The molecule has 0 saturated heterocycles. The Morgan fingerprint density at radius 3 is 0.944 bits per heavy atom. The minimum Gasteiger partial charge on any atom is -0.192 e. The molecule has 0 amide bonds. The van der Waals surface area contributed by atoms with Crippen LogP contribution >= 0.6 is 47.0 Å². The van der Waals surface area contributed by atoms with Crippen molar-refractivity contribution in [3.8, 4) is 12.1 Å². The average Bonchev–Trinajstić information content (AvgIpc) is 2.43. The molecule has 0 aromatic heterocycles.